The molecule has 0 radical (unpaired) electrons. The van der Waals surface area contributed by atoms with Crippen molar-refractivity contribution < 1.29 is 4.74 Å². The lowest BCUT2D eigenvalue weighted by Crippen LogP contribution is -2.39. The molecule has 4 aromatic rings. The first-order valence-electron chi connectivity index (χ1n) is 10.7. The summed E-state index contributed by atoms with van der Waals surface area (Å²) in [6.07, 6.45) is 6.91. The van der Waals surface area contributed by atoms with Gasteiger partial charge in [-0.15, -0.1) is 10.2 Å². The predicted octanol–water partition coefficient (Wildman–Crippen LogP) is 3.66. The molecule has 0 amide bonds. The summed E-state index contributed by atoms with van der Waals surface area (Å²) in [6.45, 7) is 6.67. The van der Waals surface area contributed by atoms with Crippen molar-refractivity contribution in [1.82, 2.24) is 29.7 Å². The number of aromatic nitrogens is 6. The topological polar surface area (TPSA) is 81.9 Å². The van der Waals surface area contributed by atoms with Crippen LogP contribution < -0.4 is 9.64 Å². The highest BCUT2D eigenvalue weighted by molar-refractivity contribution is 5.93. The third-order valence-electron chi connectivity index (χ3n) is 5.68. The van der Waals surface area contributed by atoms with Gasteiger partial charge in [0.25, 0.3) is 0 Å². The lowest BCUT2D eigenvalue weighted by Gasteiger charge is -2.32. The van der Waals surface area contributed by atoms with Crippen LogP contribution in [0.1, 0.15) is 25.5 Å². The lowest BCUT2D eigenvalue weighted by atomic mass is 10.1. The Balaban J connectivity index is 1.39. The Morgan fingerprint density at radius 2 is 1.94 bits per heavy atom. The molecular formula is C23H25N7O. The summed E-state index contributed by atoms with van der Waals surface area (Å²) in [4.78, 5) is 15.3. The molecular weight excluding hydrogens is 390 g/mol. The molecule has 8 heteroatoms. The van der Waals surface area contributed by atoms with Crippen molar-refractivity contribution >= 4 is 16.9 Å². The first kappa shape index (κ1) is 19.4. The molecule has 1 aliphatic rings. The number of benzene rings is 1. The van der Waals surface area contributed by atoms with Gasteiger partial charge in [0.05, 0.1) is 11.7 Å². The number of piperidine rings is 1. The minimum Gasteiger partial charge on any atom is -0.473 e. The van der Waals surface area contributed by atoms with Crippen LogP contribution >= 0.6 is 0 Å². The number of para-hydroxylation sites is 1. The Hall–Kier alpha value is -3.55. The van der Waals surface area contributed by atoms with Crippen LogP contribution in [0.4, 0.5) is 5.95 Å². The normalized spacial score (nSPS) is 14.8. The fraction of sp³-hybridized carbons (Fsp3) is 0.348. The molecule has 0 spiro atoms. The number of rotatable bonds is 5. The van der Waals surface area contributed by atoms with Gasteiger partial charge in [-0.1, -0.05) is 18.2 Å². The summed E-state index contributed by atoms with van der Waals surface area (Å²) in [5.41, 5.74) is 3.03. The van der Waals surface area contributed by atoms with Crippen molar-refractivity contribution in [3.8, 4) is 17.3 Å². The molecule has 5 rings (SSSR count). The largest absolute Gasteiger partial charge is 0.473 e. The summed E-state index contributed by atoms with van der Waals surface area (Å²) >= 11 is 0. The van der Waals surface area contributed by atoms with Crippen LogP contribution in [-0.4, -0.2) is 48.9 Å². The number of nitrogens with zero attached hydrogens (tertiary/aromatic N) is 7. The molecule has 158 valence electrons. The van der Waals surface area contributed by atoms with Gasteiger partial charge in [-0.2, -0.15) is 0 Å². The average molecular weight is 416 g/mol. The van der Waals surface area contributed by atoms with Gasteiger partial charge in [-0.05, 0) is 26.0 Å². The fourth-order valence-electron chi connectivity index (χ4n) is 4.20. The summed E-state index contributed by atoms with van der Waals surface area (Å²) in [7, 11) is 0. The lowest BCUT2D eigenvalue weighted by molar-refractivity contribution is 0.162. The van der Waals surface area contributed by atoms with Crippen LogP contribution in [0.3, 0.4) is 0 Å². The number of pyridine rings is 1. The second-order valence-corrected chi connectivity index (χ2v) is 7.74. The van der Waals surface area contributed by atoms with E-state index in [1.165, 1.54) is 0 Å². The van der Waals surface area contributed by atoms with E-state index in [9.17, 15) is 0 Å². The molecule has 0 saturated carbocycles. The molecule has 1 saturated heterocycles. The minimum absolute atomic E-state index is 0.136. The van der Waals surface area contributed by atoms with Gasteiger partial charge < -0.3 is 9.64 Å². The zero-order chi connectivity index (χ0) is 21.2. The number of anilines is 1. The smallest absolute Gasteiger partial charge is 0.232 e. The van der Waals surface area contributed by atoms with E-state index in [-0.39, 0.29) is 6.10 Å². The molecule has 0 bridgehead atoms. The van der Waals surface area contributed by atoms with Crippen molar-refractivity contribution in [2.75, 3.05) is 18.0 Å². The second kappa shape index (κ2) is 8.29. The third kappa shape index (κ3) is 3.81. The fourth-order valence-corrected chi connectivity index (χ4v) is 4.20. The van der Waals surface area contributed by atoms with Gasteiger partial charge in [0.15, 0.2) is 5.82 Å². The second-order valence-electron chi connectivity index (χ2n) is 7.74. The van der Waals surface area contributed by atoms with Crippen molar-refractivity contribution in [3.05, 3.63) is 54.6 Å². The summed E-state index contributed by atoms with van der Waals surface area (Å²) < 4.78 is 8.18. The van der Waals surface area contributed by atoms with Crippen LogP contribution in [0.2, 0.25) is 0 Å². The zero-order valence-electron chi connectivity index (χ0n) is 17.8. The quantitative estimate of drug-likeness (QED) is 0.492. The predicted molar refractivity (Wildman–Crippen MR) is 119 cm³/mol. The zero-order valence-corrected chi connectivity index (χ0v) is 17.8. The molecule has 0 aliphatic carbocycles. The SMILES string of the molecule is CCn1c(-c2cc(C)nc3ccccc23)nnc1N1CCC(Oc2cnccn2)CC1. The first-order chi connectivity index (χ1) is 15.2. The van der Waals surface area contributed by atoms with Crippen molar-refractivity contribution in [1.29, 1.82) is 0 Å². The molecule has 31 heavy (non-hydrogen) atoms. The van der Waals surface area contributed by atoms with Gasteiger partial charge in [0.1, 0.15) is 6.10 Å². The summed E-state index contributed by atoms with van der Waals surface area (Å²) in [6, 6.07) is 10.3. The minimum atomic E-state index is 0.136. The van der Waals surface area contributed by atoms with E-state index in [1.54, 1.807) is 18.6 Å². The van der Waals surface area contributed by atoms with Crippen LogP contribution in [-0.2, 0) is 6.54 Å². The Morgan fingerprint density at radius 1 is 1.10 bits per heavy atom. The number of hydrogen-bond acceptors (Lipinski definition) is 7. The van der Waals surface area contributed by atoms with Gasteiger partial charge in [-0.3, -0.25) is 14.5 Å². The standard InChI is InChI=1S/C23H25N7O/c1-3-30-22(19-14-16(2)26-20-7-5-4-6-18(19)20)27-28-23(30)29-12-8-17(9-13-29)31-21-15-24-10-11-25-21/h4-7,10-11,14-15,17H,3,8-9,12-13H2,1-2H3. The molecule has 3 aromatic heterocycles. The Bertz CT molecular complexity index is 1180. The van der Waals surface area contributed by atoms with E-state index >= 15 is 0 Å². The van der Waals surface area contributed by atoms with Crippen LogP contribution in [0.25, 0.3) is 22.3 Å². The van der Waals surface area contributed by atoms with Crippen molar-refractivity contribution in [2.45, 2.75) is 39.3 Å². The van der Waals surface area contributed by atoms with E-state index in [0.717, 1.165) is 66.4 Å². The maximum absolute atomic E-state index is 5.98. The highest BCUT2D eigenvalue weighted by atomic mass is 16.5. The third-order valence-corrected chi connectivity index (χ3v) is 5.68. The molecule has 1 aliphatic heterocycles. The molecule has 0 N–H and O–H groups in total. The van der Waals surface area contributed by atoms with Gasteiger partial charge >= 0.3 is 0 Å². The van der Waals surface area contributed by atoms with E-state index in [4.69, 9.17) is 4.74 Å². The molecule has 4 heterocycles. The Kier molecular flexibility index (Phi) is 5.19. The average Bonchev–Trinajstić information content (AvgIpc) is 3.23. The summed E-state index contributed by atoms with van der Waals surface area (Å²) in [5.74, 6) is 2.38. The monoisotopic (exact) mass is 415 g/mol. The molecule has 1 fully saturated rings. The van der Waals surface area contributed by atoms with Crippen LogP contribution in [0.5, 0.6) is 5.88 Å². The van der Waals surface area contributed by atoms with E-state index in [2.05, 4.69) is 53.7 Å². The number of fused-ring (bicyclic) bond motifs is 1. The number of aryl methyl sites for hydroxylation is 1. The van der Waals surface area contributed by atoms with Gasteiger partial charge in [0.2, 0.25) is 11.8 Å². The number of ether oxygens (including phenoxy) is 1. The Morgan fingerprint density at radius 3 is 2.71 bits per heavy atom. The maximum atomic E-state index is 5.98. The molecule has 0 unspecified atom stereocenters. The molecule has 0 atom stereocenters. The highest BCUT2D eigenvalue weighted by Crippen LogP contribution is 2.30. The Labute approximate surface area is 181 Å². The van der Waals surface area contributed by atoms with Crippen LogP contribution in [0, 0.1) is 6.92 Å². The van der Waals surface area contributed by atoms with Gasteiger partial charge in [0, 0.05) is 61.5 Å². The molecule has 8 nitrogen and oxygen atoms in total. The maximum Gasteiger partial charge on any atom is 0.232 e. The first-order valence-corrected chi connectivity index (χ1v) is 10.7. The highest BCUT2D eigenvalue weighted by Gasteiger charge is 2.26. The van der Waals surface area contributed by atoms with E-state index < -0.39 is 0 Å². The van der Waals surface area contributed by atoms with Crippen molar-refractivity contribution in [3.63, 3.8) is 0 Å². The van der Waals surface area contributed by atoms with Gasteiger partial charge in [-0.25, -0.2) is 4.98 Å². The molecule has 1 aromatic carbocycles. The van der Waals surface area contributed by atoms with E-state index in [0.29, 0.717) is 5.88 Å². The van der Waals surface area contributed by atoms with Crippen molar-refractivity contribution in [2.24, 2.45) is 0 Å². The van der Waals surface area contributed by atoms with Crippen LogP contribution in [0.15, 0.2) is 48.9 Å². The summed E-state index contributed by atoms with van der Waals surface area (Å²) in [5, 5.41) is 10.3. The number of hydrogen-bond donors (Lipinski definition) is 0. The van der Waals surface area contributed by atoms with E-state index in [1.807, 2.05) is 25.1 Å².